The van der Waals surface area contributed by atoms with Gasteiger partial charge in [0, 0.05) is 12.6 Å². The maximum absolute atomic E-state index is 13.8. The van der Waals surface area contributed by atoms with Crippen molar-refractivity contribution in [2.75, 3.05) is 6.61 Å². The molecule has 1 fully saturated rings. The molecule has 3 unspecified atom stereocenters. The molecule has 2 rings (SSSR count). The van der Waals surface area contributed by atoms with E-state index in [0.717, 1.165) is 25.3 Å². The van der Waals surface area contributed by atoms with Crippen molar-refractivity contribution in [3.05, 3.63) is 35.4 Å². The highest BCUT2D eigenvalue weighted by Crippen LogP contribution is 2.38. The summed E-state index contributed by atoms with van der Waals surface area (Å²) < 4.78 is 33.2. The molecular weight excluding hydrogens is 272 g/mol. The number of halogens is 2. The van der Waals surface area contributed by atoms with Crippen molar-refractivity contribution in [3.8, 4) is 0 Å². The Morgan fingerprint density at radius 1 is 1.43 bits per heavy atom. The van der Waals surface area contributed by atoms with Crippen molar-refractivity contribution in [3.63, 3.8) is 0 Å². The number of hydrogen-bond acceptors (Lipinski definition) is 2. The van der Waals surface area contributed by atoms with Crippen LogP contribution in [0.4, 0.5) is 8.78 Å². The van der Waals surface area contributed by atoms with Crippen LogP contribution in [-0.2, 0) is 11.2 Å². The van der Waals surface area contributed by atoms with E-state index in [2.05, 4.69) is 6.92 Å². The fourth-order valence-electron chi connectivity index (χ4n) is 3.54. The summed E-state index contributed by atoms with van der Waals surface area (Å²) >= 11 is 0. The van der Waals surface area contributed by atoms with Crippen molar-refractivity contribution in [2.24, 2.45) is 11.7 Å². The first kappa shape index (κ1) is 16.4. The average Bonchev–Trinajstić information content (AvgIpc) is 2.44. The number of nitrogens with two attached hydrogens (primary N) is 1. The minimum atomic E-state index is -0.817. The van der Waals surface area contributed by atoms with Gasteiger partial charge in [0.05, 0.1) is 5.60 Å². The molecule has 0 amide bonds. The second-order valence-electron chi connectivity index (χ2n) is 6.22. The molecule has 4 heteroatoms. The molecule has 0 spiro atoms. The average molecular weight is 297 g/mol. The van der Waals surface area contributed by atoms with E-state index >= 15 is 0 Å². The summed E-state index contributed by atoms with van der Waals surface area (Å²) in [6, 6.07) is 3.93. The van der Waals surface area contributed by atoms with Gasteiger partial charge in [-0.25, -0.2) is 8.78 Å². The molecule has 0 saturated heterocycles. The highest BCUT2D eigenvalue weighted by atomic mass is 19.2. The summed E-state index contributed by atoms with van der Waals surface area (Å²) in [5.74, 6) is -1.06. The van der Waals surface area contributed by atoms with Crippen LogP contribution in [0.15, 0.2) is 18.2 Å². The van der Waals surface area contributed by atoms with Gasteiger partial charge >= 0.3 is 0 Å². The molecule has 1 aliphatic carbocycles. The molecule has 1 aromatic carbocycles. The van der Waals surface area contributed by atoms with Gasteiger partial charge in [0.1, 0.15) is 0 Å². The molecule has 1 aromatic rings. The Bertz CT molecular complexity index is 476. The minimum absolute atomic E-state index is 0.302. The van der Waals surface area contributed by atoms with Gasteiger partial charge < -0.3 is 10.5 Å². The van der Waals surface area contributed by atoms with Gasteiger partial charge in [-0.2, -0.15) is 0 Å². The first-order chi connectivity index (χ1) is 9.98. The molecule has 3 atom stereocenters. The Balaban J connectivity index is 2.18. The maximum atomic E-state index is 13.8. The standard InChI is InChI=1S/C17H25F2NO/c1-3-21-17(9-5-6-12(2)11-17)15(20)10-13-7-4-8-14(18)16(13)19/h4,7-8,12,15H,3,5-6,9-11,20H2,1-2H3. The minimum Gasteiger partial charge on any atom is -0.374 e. The van der Waals surface area contributed by atoms with Crippen LogP contribution in [0, 0.1) is 17.6 Å². The lowest BCUT2D eigenvalue weighted by molar-refractivity contribution is -0.0926. The van der Waals surface area contributed by atoms with Gasteiger partial charge in [0.25, 0.3) is 0 Å². The van der Waals surface area contributed by atoms with Crippen molar-refractivity contribution in [1.82, 2.24) is 0 Å². The van der Waals surface area contributed by atoms with E-state index in [0.29, 0.717) is 24.5 Å². The van der Waals surface area contributed by atoms with Crippen LogP contribution in [-0.4, -0.2) is 18.2 Å². The third-order valence-corrected chi connectivity index (χ3v) is 4.57. The molecule has 2 N–H and O–H groups in total. The molecule has 0 bridgehead atoms. The number of hydrogen-bond donors (Lipinski definition) is 1. The van der Waals surface area contributed by atoms with Crippen LogP contribution in [0.1, 0.15) is 45.1 Å². The van der Waals surface area contributed by atoms with E-state index in [1.54, 1.807) is 6.07 Å². The second-order valence-corrected chi connectivity index (χ2v) is 6.22. The zero-order valence-electron chi connectivity index (χ0n) is 12.9. The van der Waals surface area contributed by atoms with E-state index in [1.807, 2.05) is 6.92 Å². The van der Waals surface area contributed by atoms with Crippen LogP contribution in [0.5, 0.6) is 0 Å². The van der Waals surface area contributed by atoms with Crippen molar-refractivity contribution in [1.29, 1.82) is 0 Å². The van der Waals surface area contributed by atoms with Crippen LogP contribution in [0.25, 0.3) is 0 Å². The van der Waals surface area contributed by atoms with Crippen LogP contribution in [0.3, 0.4) is 0 Å². The molecule has 1 saturated carbocycles. The van der Waals surface area contributed by atoms with E-state index in [9.17, 15) is 8.78 Å². The summed E-state index contributed by atoms with van der Waals surface area (Å²) in [6.07, 6.45) is 4.33. The van der Waals surface area contributed by atoms with E-state index in [4.69, 9.17) is 10.5 Å². The van der Waals surface area contributed by atoms with Gasteiger partial charge in [0.15, 0.2) is 11.6 Å². The highest BCUT2D eigenvalue weighted by molar-refractivity contribution is 5.21. The SMILES string of the molecule is CCOC1(C(N)Cc2cccc(F)c2F)CCCC(C)C1. The smallest absolute Gasteiger partial charge is 0.162 e. The molecule has 118 valence electrons. The van der Waals surface area contributed by atoms with Crippen LogP contribution < -0.4 is 5.73 Å². The number of benzene rings is 1. The van der Waals surface area contributed by atoms with Crippen molar-refractivity contribution < 1.29 is 13.5 Å². The summed E-state index contributed by atoms with van der Waals surface area (Å²) in [6.45, 7) is 4.74. The molecule has 0 heterocycles. The van der Waals surface area contributed by atoms with Gasteiger partial charge in [-0.05, 0) is 43.7 Å². The summed E-state index contributed by atoms with van der Waals surface area (Å²) in [7, 11) is 0. The molecule has 0 radical (unpaired) electrons. The second kappa shape index (κ2) is 6.84. The van der Waals surface area contributed by atoms with Crippen LogP contribution >= 0.6 is 0 Å². The van der Waals surface area contributed by atoms with Gasteiger partial charge in [0.2, 0.25) is 0 Å². The highest BCUT2D eigenvalue weighted by Gasteiger charge is 2.41. The lowest BCUT2D eigenvalue weighted by Gasteiger charge is -2.44. The topological polar surface area (TPSA) is 35.2 Å². The lowest BCUT2D eigenvalue weighted by atomic mass is 9.73. The molecule has 1 aliphatic rings. The number of ether oxygens (including phenoxy) is 1. The molecule has 21 heavy (non-hydrogen) atoms. The molecule has 0 aliphatic heterocycles. The largest absolute Gasteiger partial charge is 0.374 e. The normalized spacial score (nSPS) is 27.6. The summed E-state index contributed by atoms with van der Waals surface area (Å²) in [4.78, 5) is 0. The Kier molecular flexibility index (Phi) is 5.33. The Morgan fingerprint density at radius 2 is 2.19 bits per heavy atom. The molecule has 2 nitrogen and oxygen atoms in total. The Labute approximate surface area is 125 Å². The zero-order chi connectivity index (χ0) is 15.5. The maximum Gasteiger partial charge on any atom is 0.162 e. The quantitative estimate of drug-likeness (QED) is 0.896. The number of rotatable bonds is 5. The monoisotopic (exact) mass is 297 g/mol. The van der Waals surface area contributed by atoms with E-state index in [-0.39, 0.29) is 6.04 Å². The first-order valence-corrected chi connectivity index (χ1v) is 7.81. The predicted octanol–water partition coefficient (Wildman–Crippen LogP) is 3.82. The Morgan fingerprint density at radius 3 is 2.86 bits per heavy atom. The lowest BCUT2D eigenvalue weighted by Crippen LogP contribution is -2.53. The molecular formula is C17H25F2NO. The third-order valence-electron chi connectivity index (χ3n) is 4.57. The third kappa shape index (κ3) is 3.61. The molecule has 0 aromatic heterocycles. The summed E-state index contributed by atoms with van der Waals surface area (Å²) in [5, 5.41) is 0. The van der Waals surface area contributed by atoms with Gasteiger partial charge in [-0.15, -0.1) is 0 Å². The fraction of sp³-hybridized carbons (Fsp3) is 0.647. The summed E-state index contributed by atoms with van der Waals surface area (Å²) in [5.41, 5.74) is 6.29. The first-order valence-electron chi connectivity index (χ1n) is 7.81. The zero-order valence-corrected chi connectivity index (χ0v) is 12.9. The van der Waals surface area contributed by atoms with Crippen LogP contribution in [0.2, 0.25) is 0 Å². The predicted molar refractivity (Wildman–Crippen MR) is 80.0 cm³/mol. The van der Waals surface area contributed by atoms with Gasteiger partial charge in [-0.3, -0.25) is 0 Å². The fourth-order valence-corrected chi connectivity index (χ4v) is 3.54. The Hall–Kier alpha value is -1.00. The van der Waals surface area contributed by atoms with E-state index < -0.39 is 17.2 Å². The van der Waals surface area contributed by atoms with Crippen molar-refractivity contribution >= 4 is 0 Å². The van der Waals surface area contributed by atoms with E-state index in [1.165, 1.54) is 12.5 Å². The van der Waals surface area contributed by atoms with Crippen molar-refractivity contribution in [2.45, 2.75) is 57.6 Å². The van der Waals surface area contributed by atoms with Gasteiger partial charge in [-0.1, -0.05) is 31.9 Å².